The van der Waals surface area contributed by atoms with Gasteiger partial charge in [-0.05, 0) is 18.5 Å². The van der Waals surface area contributed by atoms with E-state index >= 15 is 0 Å². The minimum atomic E-state index is -0.0259. The lowest BCUT2D eigenvalue weighted by Crippen LogP contribution is -2.41. The number of anilines is 1. The lowest BCUT2D eigenvalue weighted by atomic mass is 10.2. The summed E-state index contributed by atoms with van der Waals surface area (Å²) in [7, 11) is 0. The predicted molar refractivity (Wildman–Crippen MR) is 58.0 cm³/mol. The molecule has 1 aromatic rings. The second kappa shape index (κ2) is 4.16. The Bertz CT molecular complexity index is 352. The van der Waals surface area contributed by atoms with E-state index in [0.29, 0.717) is 42.6 Å². The van der Waals surface area contributed by atoms with Crippen LogP contribution in [0.1, 0.15) is 16.1 Å². The van der Waals surface area contributed by atoms with Gasteiger partial charge in [-0.15, -0.1) is 0 Å². The molecule has 1 aliphatic heterocycles. The Morgan fingerprint density at radius 1 is 1.53 bits per heavy atom. The second-order valence-corrected chi connectivity index (χ2v) is 4.22. The number of aromatic nitrogens is 1. The molecule has 2 rings (SSSR count). The largest absolute Gasteiger partial charge is 0.389 e. The number of rotatable bonds is 1. The molecule has 5 nitrogen and oxygen atoms in total. The zero-order valence-corrected chi connectivity index (χ0v) is 9.34. The van der Waals surface area contributed by atoms with Gasteiger partial charge in [-0.1, -0.05) is 0 Å². The molecule has 0 radical (unpaired) electrons. The summed E-state index contributed by atoms with van der Waals surface area (Å²) in [5, 5.41) is 0.504. The average molecular weight is 227 g/mol. The predicted octanol–water partition coefficient (Wildman–Crippen LogP) is 0.506. The number of carbonyl (C=O) groups excluding carboxylic acids is 1. The number of hydrogen-bond donors (Lipinski definition) is 1. The minimum Gasteiger partial charge on any atom is -0.389 e. The molecule has 2 heterocycles. The highest BCUT2D eigenvalue weighted by atomic mass is 32.1. The van der Waals surface area contributed by atoms with Crippen molar-refractivity contribution in [2.75, 3.05) is 32.0 Å². The molecule has 1 aromatic heterocycles. The highest BCUT2D eigenvalue weighted by Gasteiger charge is 2.23. The molecule has 1 saturated heterocycles. The van der Waals surface area contributed by atoms with Crippen molar-refractivity contribution in [3.8, 4) is 0 Å². The van der Waals surface area contributed by atoms with Crippen LogP contribution in [0.15, 0.2) is 0 Å². The van der Waals surface area contributed by atoms with Crippen LogP contribution < -0.4 is 5.73 Å². The number of aryl methyl sites for hydroxylation is 1. The van der Waals surface area contributed by atoms with Gasteiger partial charge in [0.1, 0.15) is 5.00 Å². The fourth-order valence-electron chi connectivity index (χ4n) is 1.57. The molecule has 0 spiro atoms. The Morgan fingerprint density at radius 3 is 2.73 bits per heavy atom. The van der Waals surface area contributed by atoms with E-state index in [0.717, 1.165) is 0 Å². The molecule has 0 aromatic carbocycles. The number of ether oxygens (including phenoxy) is 1. The maximum Gasteiger partial charge on any atom is 0.258 e. The van der Waals surface area contributed by atoms with Crippen molar-refractivity contribution in [2.45, 2.75) is 6.92 Å². The van der Waals surface area contributed by atoms with Crippen LogP contribution in [0.5, 0.6) is 0 Å². The Labute approximate surface area is 92.0 Å². The van der Waals surface area contributed by atoms with E-state index in [1.54, 1.807) is 11.8 Å². The molecule has 1 amide bonds. The summed E-state index contributed by atoms with van der Waals surface area (Å²) >= 11 is 1.17. The summed E-state index contributed by atoms with van der Waals surface area (Å²) in [4.78, 5) is 13.8. The first-order valence-corrected chi connectivity index (χ1v) is 5.56. The maximum absolute atomic E-state index is 12.1. The third-order valence-electron chi connectivity index (χ3n) is 2.40. The van der Waals surface area contributed by atoms with E-state index < -0.39 is 0 Å². The van der Waals surface area contributed by atoms with Gasteiger partial charge in [-0.3, -0.25) is 4.79 Å². The van der Waals surface area contributed by atoms with Crippen LogP contribution in [0.3, 0.4) is 0 Å². The van der Waals surface area contributed by atoms with Crippen LogP contribution in [0.2, 0.25) is 0 Å². The monoisotopic (exact) mass is 227 g/mol. The van der Waals surface area contributed by atoms with Gasteiger partial charge in [0.15, 0.2) is 0 Å². The van der Waals surface area contributed by atoms with Crippen LogP contribution in [0.4, 0.5) is 5.00 Å². The Kier molecular flexibility index (Phi) is 2.88. The molecule has 0 atom stereocenters. The summed E-state index contributed by atoms with van der Waals surface area (Å²) in [5.41, 5.74) is 7.00. The Balaban J connectivity index is 2.19. The van der Waals surface area contributed by atoms with Gasteiger partial charge in [0, 0.05) is 13.1 Å². The lowest BCUT2D eigenvalue weighted by Gasteiger charge is -2.26. The third-order valence-corrected chi connectivity index (χ3v) is 3.17. The number of nitrogen functional groups attached to an aromatic ring is 1. The number of amides is 1. The molecular formula is C9H13N3O2S. The summed E-state index contributed by atoms with van der Waals surface area (Å²) in [6.07, 6.45) is 0. The van der Waals surface area contributed by atoms with E-state index in [-0.39, 0.29) is 5.91 Å². The number of morpholine rings is 1. The molecule has 0 unspecified atom stereocenters. The molecule has 0 bridgehead atoms. The van der Waals surface area contributed by atoms with Crippen molar-refractivity contribution in [1.29, 1.82) is 0 Å². The van der Waals surface area contributed by atoms with Gasteiger partial charge < -0.3 is 15.4 Å². The summed E-state index contributed by atoms with van der Waals surface area (Å²) in [6.45, 7) is 4.27. The summed E-state index contributed by atoms with van der Waals surface area (Å²) < 4.78 is 9.26. The number of nitrogens with two attached hydrogens (primary N) is 1. The molecule has 0 saturated carbocycles. The molecule has 15 heavy (non-hydrogen) atoms. The first-order chi connectivity index (χ1) is 7.20. The molecule has 2 N–H and O–H groups in total. The van der Waals surface area contributed by atoms with Crippen molar-refractivity contribution in [1.82, 2.24) is 9.27 Å². The Hall–Kier alpha value is -1.14. The zero-order valence-electron chi connectivity index (χ0n) is 8.52. The molecular weight excluding hydrogens is 214 g/mol. The third kappa shape index (κ3) is 1.95. The maximum atomic E-state index is 12.1. The molecule has 1 fully saturated rings. The molecule has 0 aliphatic carbocycles. The van der Waals surface area contributed by atoms with Crippen molar-refractivity contribution < 1.29 is 9.53 Å². The van der Waals surface area contributed by atoms with E-state index in [2.05, 4.69) is 4.37 Å². The van der Waals surface area contributed by atoms with Crippen molar-refractivity contribution in [2.24, 2.45) is 0 Å². The van der Waals surface area contributed by atoms with Gasteiger partial charge in [0.05, 0.1) is 24.5 Å². The van der Waals surface area contributed by atoms with Gasteiger partial charge >= 0.3 is 0 Å². The minimum absolute atomic E-state index is 0.0259. The van der Waals surface area contributed by atoms with E-state index in [1.165, 1.54) is 11.5 Å². The lowest BCUT2D eigenvalue weighted by molar-refractivity contribution is 0.0303. The van der Waals surface area contributed by atoms with E-state index in [9.17, 15) is 4.79 Å². The standard InChI is InChI=1S/C9H13N3O2S/c1-6-7(8(10)15-11-6)9(13)12-2-4-14-5-3-12/h2-5,10H2,1H3. The quantitative estimate of drug-likeness (QED) is 0.759. The number of hydrogen-bond acceptors (Lipinski definition) is 5. The van der Waals surface area contributed by atoms with E-state index in [4.69, 9.17) is 10.5 Å². The molecule has 1 aliphatic rings. The summed E-state index contributed by atoms with van der Waals surface area (Å²) in [5.74, 6) is -0.0259. The zero-order chi connectivity index (χ0) is 10.8. The normalized spacial score (nSPS) is 16.7. The van der Waals surface area contributed by atoms with Gasteiger partial charge in [-0.25, -0.2) is 0 Å². The fraction of sp³-hybridized carbons (Fsp3) is 0.556. The molecule has 6 heteroatoms. The second-order valence-electron chi connectivity index (χ2n) is 3.41. The van der Waals surface area contributed by atoms with Crippen LogP contribution in [-0.4, -0.2) is 41.5 Å². The molecule has 82 valence electrons. The number of nitrogens with zero attached hydrogens (tertiary/aromatic N) is 2. The first kappa shape index (κ1) is 10.4. The van der Waals surface area contributed by atoms with Crippen molar-refractivity contribution >= 4 is 22.4 Å². The smallest absolute Gasteiger partial charge is 0.258 e. The van der Waals surface area contributed by atoms with Crippen LogP contribution in [0, 0.1) is 6.92 Å². The highest BCUT2D eigenvalue weighted by Crippen LogP contribution is 2.22. The first-order valence-electron chi connectivity index (χ1n) is 4.79. The van der Waals surface area contributed by atoms with Crippen LogP contribution in [0.25, 0.3) is 0 Å². The average Bonchev–Trinajstić information content (AvgIpc) is 2.59. The van der Waals surface area contributed by atoms with Gasteiger partial charge in [0.25, 0.3) is 5.91 Å². The van der Waals surface area contributed by atoms with Gasteiger partial charge in [0.2, 0.25) is 0 Å². The van der Waals surface area contributed by atoms with Gasteiger partial charge in [-0.2, -0.15) is 4.37 Å². The summed E-state index contributed by atoms with van der Waals surface area (Å²) in [6, 6.07) is 0. The Morgan fingerprint density at radius 2 is 2.20 bits per heavy atom. The van der Waals surface area contributed by atoms with E-state index in [1.807, 2.05) is 0 Å². The number of carbonyl (C=O) groups is 1. The van der Waals surface area contributed by atoms with Crippen molar-refractivity contribution in [3.63, 3.8) is 0 Å². The van der Waals surface area contributed by atoms with Crippen molar-refractivity contribution in [3.05, 3.63) is 11.3 Å². The van der Waals surface area contributed by atoms with Crippen LogP contribution in [-0.2, 0) is 4.74 Å². The van der Waals surface area contributed by atoms with Crippen LogP contribution >= 0.6 is 11.5 Å². The fourth-order valence-corrected chi connectivity index (χ4v) is 2.22. The highest BCUT2D eigenvalue weighted by molar-refractivity contribution is 7.10. The topological polar surface area (TPSA) is 68.5 Å². The SMILES string of the molecule is Cc1nsc(N)c1C(=O)N1CCOCC1.